The SMILES string of the molecule is Cc1ccc([C@H](c2nnnn2C2CCCC2)N2CCN(Cc3ccccc3)CC2)cc1. The summed E-state index contributed by atoms with van der Waals surface area (Å²) in [4.78, 5) is 5.13. The van der Waals surface area contributed by atoms with Gasteiger partial charge in [-0.15, -0.1) is 5.10 Å². The molecule has 1 aliphatic heterocycles. The van der Waals surface area contributed by atoms with Gasteiger partial charge in [-0.2, -0.15) is 0 Å². The monoisotopic (exact) mass is 416 g/mol. The molecule has 0 unspecified atom stereocenters. The Morgan fingerprint density at radius 3 is 2.32 bits per heavy atom. The molecule has 5 rings (SSSR count). The lowest BCUT2D eigenvalue weighted by molar-refractivity contribution is 0.0993. The number of piperazine rings is 1. The third-order valence-corrected chi connectivity index (χ3v) is 6.85. The van der Waals surface area contributed by atoms with Gasteiger partial charge in [0, 0.05) is 32.7 Å². The molecule has 2 heterocycles. The zero-order chi connectivity index (χ0) is 21.0. The molecule has 2 fully saturated rings. The Labute approximate surface area is 184 Å². The highest BCUT2D eigenvalue weighted by molar-refractivity contribution is 5.28. The van der Waals surface area contributed by atoms with Crippen LogP contribution < -0.4 is 0 Å². The van der Waals surface area contributed by atoms with Crippen LogP contribution in [0.2, 0.25) is 0 Å². The van der Waals surface area contributed by atoms with Crippen LogP contribution in [0.3, 0.4) is 0 Å². The summed E-state index contributed by atoms with van der Waals surface area (Å²) in [5, 5.41) is 13.1. The van der Waals surface area contributed by atoms with E-state index >= 15 is 0 Å². The number of nitrogens with zero attached hydrogens (tertiary/aromatic N) is 6. The molecular formula is C25H32N6. The summed E-state index contributed by atoms with van der Waals surface area (Å²) in [5.74, 6) is 1.01. The maximum Gasteiger partial charge on any atom is 0.173 e. The van der Waals surface area contributed by atoms with Gasteiger partial charge in [-0.25, -0.2) is 4.68 Å². The highest BCUT2D eigenvalue weighted by atomic mass is 15.6. The van der Waals surface area contributed by atoms with E-state index < -0.39 is 0 Å². The van der Waals surface area contributed by atoms with E-state index in [-0.39, 0.29) is 6.04 Å². The summed E-state index contributed by atoms with van der Waals surface area (Å²) >= 11 is 0. The van der Waals surface area contributed by atoms with Gasteiger partial charge in [-0.1, -0.05) is 73.0 Å². The zero-order valence-corrected chi connectivity index (χ0v) is 18.4. The molecule has 6 nitrogen and oxygen atoms in total. The van der Waals surface area contributed by atoms with Crippen molar-refractivity contribution < 1.29 is 0 Å². The average Bonchev–Trinajstić information content (AvgIpc) is 3.49. The van der Waals surface area contributed by atoms with Crippen molar-refractivity contribution in [1.82, 2.24) is 30.0 Å². The lowest BCUT2D eigenvalue weighted by atomic mass is 10.0. The van der Waals surface area contributed by atoms with E-state index in [4.69, 9.17) is 0 Å². The maximum atomic E-state index is 4.57. The van der Waals surface area contributed by atoms with Crippen molar-refractivity contribution in [2.24, 2.45) is 0 Å². The number of aryl methyl sites for hydroxylation is 1. The Balaban J connectivity index is 1.37. The van der Waals surface area contributed by atoms with E-state index in [1.165, 1.54) is 42.4 Å². The van der Waals surface area contributed by atoms with Gasteiger partial charge in [0.05, 0.1) is 12.1 Å². The van der Waals surface area contributed by atoms with E-state index in [1.807, 2.05) is 0 Å². The van der Waals surface area contributed by atoms with E-state index in [9.17, 15) is 0 Å². The molecule has 6 heteroatoms. The molecule has 0 radical (unpaired) electrons. The minimum atomic E-state index is 0.107. The standard InChI is InChI=1S/C25H32N6/c1-20-11-13-22(14-12-20)24(25-26-27-28-31(25)23-9-5-6-10-23)30-17-15-29(16-18-30)19-21-7-3-2-4-8-21/h2-4,7-8,11-14,23-24H,5-6,9-10,15-19H2,1H3/t24-/m1/s1. The minimum absolute atomic E-state index is 0.107. The van der Waals surface area contributed by atoms with Crippen molar-refractivity contribution in [3.05, 3.63) is 77.1 Å². The molecule has 2 aromatic carbocycles. The predicted octanol–water partition coefficient (Wildman–Crippen LogP) is 4.00. The fourth-order valence-electron chi connectivity index (χ4n) is 5.08. The molecule has 1 aromatic heterocycles. The lowest BCUT2D eigenvalue weighted by Gasteiger charge is -2.39. The third-order valence-electron chi connectivity index (χ3n) is 6.85. The van der Waals surface area contributed by atoms with Crippen LogP contribution >= 0.6 is 0 Å². The molecule has 1 saturated carbocycles. The molecule has 31 heavy (non-hydrogen) atoms. The van der Waals surface area contributed by atoms with Crippen LogP contribution in [0.4, 0.5) is 0 Å². The first-order chi connectivity index (χ1) is 15.3. The van der Waals surface area contributed by atoms with E-state index in [1.54, 1.807) is 0 Å². The van der Waals surface area contributed by atoms with Gasteiger partial charge in [0.1, 0.15) is 0 Å². The summed E-state index contributed by atoms with van der Waals surface area (Å²) in [6.45, 7) is 7.31. The van der Waals surface area contributed by atoms with Crippen LogP contribution in [0.25, 0.3) is 0 Å². The number of benzene rings is 2. The minimum Gasteiger partial charge on any atom is -0.297 e. The Kier molecular flexibility index (Phi) is 6.09. The topological polar surface area (TPSA) is 50.1 Å². The van der Waals surface area contributed by atoms with Crippen molar-refractivity contribution in [3.63, 3.8) is 0 Å². The summed E-state index contributed by atoms with van der Waals surface area (Å²) < 4.78 is 2.13. The first kappa shape index (κ1) is 20.3. The molecule has 2 aliphatic rings. The fourth-order valence-corrected chi connectivity index (χ4v) is 5.08. The van der Waals surface area contributed by atoms with Gasteiger partial charge in [-0.3, -0.25) is 9.80 Å². The number of tetrazole rings is 1. The van der Waals surface area contributed by atoms with Crippen molar-refractivity contribution in [2.75, 3.05) is 26.2 Å². The van der Waals surface area contributed by atoms with Crippen molar-refractivity contribution in [1.29, 1.82) is 0 Å². The molecule has 0 bridgehead atoms. The molecule has 1 saturated heterocycles. The van der Waals surface area contributed by atoms with Crippen LogP contribution in [-0.2, 0) is 6.54 Å². The Hall–Kier alpha value is -2.57. The molecule has 0 N–H and O–H groups in total. The molecule has 1 aliphatic carbocycles. The van der Waals surface area contributed by atoms with Crippen LogP contribution in [0.5, 0.6) is 0 Å². The molecule has 1 atom stereocenters. The zero-order valence-electron chi connectivity index (χ0n) is 18.4. The van der Waals surface area contributed by atoms with Gasteiger partial charge < -0.3 is 0 Å². The smallest absolute Gasteiger partial charge is 0.173 e. The summed E-state index contributed by atoms with van der Waals surface area (Å²) in [6.07, 6.45) is 4.92. The highest BCUT2D eigenvalue weighted by Gasteiger charge is 2.32. The highest BCUT2D eigenvalue weighted by Crippen LogP contribution is 2.34. The van der Waals surface area contributed by atoms with Crippen molar-refractivity contribution in [2.45, 2.75) is 51.2 Å². The number of rotatable bonds is 6. The fraction of sp³-hybridized carbons (Fsp3) is 0.480. The predicted molar refractivity (Wildman–Crippen MR) is 122 cm³/mol. The van der Waals surface area contributed by atoms with Crippen molar-refractivity contribution in [3.8, 4) is 0 Å². The summed E-state index contributed by atoms with van der Waals surface area (Å²) in [7, 11) is 0. The van der Waals surface area contributed by atoms with Crippen LogP contribution in [0.15, 0.2) is 54.6 Å². The average molecular weight is 417 g/mol. The van der Waals surface area contributed by atoms with E-state index in [0.29, 0.717) is 6.04 Å². The van der Waals surface area contributed by atoms with E-state index in [0.717, 1.165) is 38.5 Å². The van der Waals surface area contributed by atoms with Crippen LogP contribution in [0, 0.1) is 6.92 Å². The largest absolute Gasteiger partial charge is 0.297 e. The van der Waals surface area contributed by atoms with Crippen molar-refractivity contribution >= 4 is 0 Å². The summed E-state index contributed by atoms with van der Waals surface area (Å²) in [6, 6.07) is 20.2. The quantitative estimate of drug-likeness (QED) is 0.608. The first-order valence-corrected chi connectivity index (χ1v) is 11.6. The second-order valence-electron chi connectivity index (χ2n) is 9.03. The maximum absolute atomic E-state index is 4.57. The molecule has 0 amide bonds. The second kappa shape index (κ2) is 9.28. The molecule has 3 aromatic rings. The van der Waals surface area contributed by atoms with Crippen LogP contribution in [0.1, 0.15) is 60.3 Å². The Bertz CT molecular complexity index is 953. The lowest BCUT2D eigenvalue weighted by Crippen LogP contribution is -2.48. The molecule has 0 spiro atoms. The number of hydrogen-bond acceptors (Lipinski definition) is 5. The summed E-state index contributed by atoms with van der Waals surface area (Å²) in [5.41, 5.74) is 3.96. The first-order valence-electron chi connectivity index (χ1n) is 11.6. The molecule has 162 valence electrons. The van der Waals surface area contributed by atoms with Gasteiger partial charge in [0.15, 0.2) is 5.82 Å². The molecular weight excluding hydrogens is 384 g/mol. The van der Waals surface area contributed by atoms with E-state index in [2.05, 4.69) is 91.5 Å². The second-order valence-corrected chi connectivity index (χ2v) is 9.03. The van der Waals surface area contributed by atoms with Gasteiger partial charge in [0.2, 0.25) is 0 Å². The Morgan fingerprint density at radius 2 is 1.61 bits per heavy atom. The number of aromatic nitrogens is 4. The third kappa shape index (κ3) is 4.55. The van der Waals surface area contributed by atoms with Gasteiger partial charge in [0.25, 0.3) is 0 Å². The van der Waals surface area contributed by atoms with Gasteiger partial charge >= 0.3 is 0 Å². The van der Waals surface area contributed by atoms with Gasteiger partial charge in [-0.05, 0) is 41.3 Å². The normalized spacial score (nSPS) is 19.6. The number of hydrogen-bond donors (Lipinski definition) is 0. The Morgan fingerprint density at radius 1 is 0.903 bits per heavy atom. The van der Waals surface area contributed by atoms with Crippen LogP contribution in [-0.4, -0.2) is 56.2 Å².